The van der Waals surface area contributed by atoms with E-state index in [1.165, 1.54) is 23.1 Å². The number of phenols is 1. The summed E-state index contributed by atoms with van der Waals surface area (Å²) in [6.07, 6.45) is -3.83. The fraction of sp³-hybridized carbons (Fsp3) is 0.316. The molecule has 1 aliphatic heterocycles. The van der Waals surface area contributed by atoms with Gasteiger partial charge in [-0.25, -0.2) is 9.78 Å². The highest BCUT2D eigenvalue weighted by Gasteiger charge is 2.32. The maximum Gasteiger partial charge on any atom is 0.417 e. The van der Waals surface area contributed by atoms with Gasteiger partial charge in [0.1, 0.15) is 17.1 Å². The molecule has 0 atom stereocenters. The van der Waals surface area contributed by atoms with Crippen molar-refractivity contribution in [2.75, 3.05) is 37.7 Å². The number of halogens is 5. The van der Waals surface area contributed by atoms with Crippen molar-refractivity contribution in [2.24, 2.45) is 0 Å². The van der Waals surface area contributed by atoms with Crippen molar-refractivity contribution in [3.8, 4) is 5.75 Å². The summed E-state index contributed by atoms with van der Waals surface area (Å²) in [6, 6.07) is 4.67. The van der Waals surface area contributed by atoms with E-state index in [2.05, 4.69) is 4.98 Å². The maximum absolute atomic E-state index is 12.7. The molecule has 2 aromatic rings. The average Bonchev–Trinajstić information content (AvgIpc) is 2.73. The lowest BCUT2D eigenvalue weighted by Crippen LogP contribution is -2.50. The van der Waals surface area contributed by atoms with E-state index in [0.717, 1.165) is 6.07 Å². The summed E-state index contributed by atoms with van der Waals surface area (Å²) in [7, 11) is 0. The Morgan fingerprint density at radius 1 is 1.13 bits per heavy atom. The van der Waals surface area contributed by atoms with Crippen molar-refractivity contribution in [1.82, 2.24) is 9.88 Å². The van der Waals surface area contributed by atoms with Crippen LogP contribution in [0.2, 0.25) is 10.0 Å². The number of aromatic hydroxyl groups is 1. The number of carbonyl (C=O) groups excluding carboxylic acids is 2. The molecule has 1 N–H and O–H groups in total. The largest absolute Gasteiger partial charge is 0.507 e. The van der Waals surface area contributed by atoms with E-state index in [-0.39, 0.29) is 53.4 Å². The number of aromatic nitrogens is 1. The summed E-state index contributed by atoms with van der Waals surface area (Å²) in [5.41, 5.74) is -1.10. The number of amides is 1. The van der Waals surface area contributed by atoms with E-state index in [9.17, 15) is 27.9 Å². The van der Waals surface area contributed by atoms with Crippen LogP contribution in [0.4, 0.5) is 19.0 Å². The minimum Gasteiger partial charge on any atom is -0.507 e. The van der Waals surface area contributed by atoms with Gasteiger partial charge in [0.05, 0.1) is 10.6 Å². The lowest BCUT2D eigenvalue weighted by atomic mass is 10.2. The molecule has 1 saturated heterocycles. The van der Waals surface area contributed by atoms with E-state index >= 15 is 0 Å². The number of benzene rings is 1. The number of ether oxygens (including phenoxy) is 1. The van der Waals surface area contributed by atoms with Crippen LogP contribution in [0.25, 0.3) is 0 Å². The highest BCUT2D eigenvalue weighted by atomic mass is 35.5. The molecule has 0 bridgehead atoms. The molecule has 1 amide bonds. The van der Waals surface area contributed by atoms with Crippen LogP contribution in [-0.2, 0) is 15.7 Å². The number of anilines is 1. The number of hydrogen-bond acceptors (Lipinski definition) is 6. The van der Waals surface area contributed by atoms with Gasteiger partial charge in [0.2, 0.25) is 0 Å². The van der Waals surface area contributed by atoms with Crippen LogP contribution in [0.5, 0.6) is 5.75 Å². The molecule has 2 heterocycles. The first kappa shape index (κ1) is 23.0. The van der Waals surface area contributed by atoms with Crippen LogP contribution in [0.3, 0.4) is 0 Å². The molecule has 1 aromatic carbocycles. The Hall–Kier alpha value is -2.72. The standard InChI is InChI=1S/C19H16Cl2F3N3O4/c20-12-1-2-15(28)13(8-12)18(30)31-10-16(29)26-3-5-27(6-4-26)17-14(21)7-11(9-25-17)19(22,23)24/h1-2,7-9,28H,3-6,10H2. The fourth-order valence-corrected chi connectivity index (χ4v) is 3.41. The monoisotopic (exact) mass is 477 g/mol. The lowest BCUT2D eigenvalue weighted by molar-refractivity contribution is -0.138. The third kappa shape index (κ3) is 5.50. The molecule has 1 aliphatic rings. The number of hydrogen-bond donors (Lipinski definition) is 1. The zero-order valence-corrected chi connectivity index (χ0v) is 17.3. The second-order valence-electron chi connectivity index (χ2n) is 6.63. The zero-order valence-electron chi connectivity index (χ0n) is 15.8. The molecule has 0 aliphatic carbocycles. The Kier molecular flexibility index (Phi) is 6.80. The smallest absolute Gasteiger partial charge is 0.417 e. The molecule has 0 spiro atoms. The third-order valence-corrected chi connectivity index (χ3v) is 5.10. The summed E-state index contributed by atoms with van der Waals surface area (Å²) in [5.74, 6) is -1.48. The van der Waals surface area contributed by atoms with Crippen molar-refractivity contribution in [3.05, 3.63) is 51.6 Å². The molecule has 0 saturated carbocycles. The minimum absolute atomic E-state index is 0.134. The Morgan fingerprint density at radius 3 is 2.42 bits per heavy atom. The normalized spacial score (nSPS) is 14.5. The van der Waals surface area contributed by atoms with Crippen LogP contribution in [0.1, 0.15) is 15.9 Å². The van der Waals surface area contributed by atoms with Crippen LogP contribution in [0.15, 0.2) is 30.5 Å². The number of piperazine rings is 1. The molecule has 166 valence electrons. The van der Waals surface area contributed by atoms with Crippen LogP contribution in [0, 0.1) is 0 Å². The second-order valence-corrected chi connectivity index (χ2v) is 7.48. The number of alkyl halides is 3. The molecule has 7 nitrogen and oxygen atoms in total. The molecule has 0 unspecified atom stereocenters. The molecule has 1 fully saturated rings. The van der Waals surface area contributed by atoms with Gasteiger partial charge < -0.3 is 19.6 Å². The fourth-order valence-electron chi connectivity index (χ4n) is 2.95. The third-order valence-electron chi connectivity index (χ3n) is 4.59. The number of phenolic OH excluding ortho intramolecular Hbond substituents is 1. The summed E-state index contributed by atoms with van der Waals surface area (Å²) in [5, 5.41) is 9.79. The molecular weight excluding hydrogens is 462 g/mol. The first-order valence-corrected chi connectivity index (χ1v) is 9.73. The van der Waals surface area contributed by atoms with Crippen LogP contribution < -0.4 is 4.90 Å². The number of pyridine rings is 1. The van der Waals surface area contributed by atoms with Gasteiger partial charge in [-0.05, 0) is 24.3 Å². The van der Waals surface area contributed by atoms with Gasteiger partial charge in [-0.15, -0.1) is 0 Å². The van der Waals surface area contributed by atoms with Crippen LogP contribution in [-0.4, -0.2) is 59.7 Å². The zero-order chi connectivity index (χ0) is 22.8. The quantitative estimate of drug-likeness (QED) is 0.677. The van der Waals surface area contributed by atoms with Gasteiger partial charge in [0, 0.05) is 37.4 Å². The highest BCUT2D eigenvalue weighted by Crippen LogP contribution is 2.33. The average molecular weight is 478 g/mol. The number of rotatable bonds is 4. The van der Waals surface area contributed by atoms with Gasteiger partial charge in [0.15, 0.2) is 6.61 Å². The number of nitrogens with zero attached hydrogens (tertiary/aromatic N) is 3. The molecular formula is C19H16Cl2F3N3O4. The number of carbonyl (C=O) groups is 2. The number of esters is 1. The van der Waals surface area contributed by atoms with Crippen LogP contribution >= 0.6 is 23.2 Å². The van der Waals surface area contributed by atoms with E-state index in [1.54, 1.807) is 4.90 Å². The van der Waals surface area contributed by atoms with Gasteiger partial charge in [0.25, 0.3) is 5.91 Å². The minimum atomic E-state index is -4.54. The first-order valence-electron chi connectivity index (χ1n) is 8.97. The lowest BCUT2D eigenvalue weighted by Gasteiger charge is -2.35. The molecule has 0 radical (unpaired) electrons. The predicted octanol–water partition coefficient (Wildman–Crippen LogP) is 3.62. The maximum atomic E-state index is 12.7. The summed E-state index contributed by atoms with van der Waals surface area (Å²) in [6.45, 7) is 0.499. The van der Waals surface area contributed by atoms with Crippen molar-refractivity contribution < 1.29 is 32.6 Å². The van der Waals surface area contributed by atoms with Crippen molar-refractivity contribution >= 4 is 40.9 Å². The molecule has 12 heteroatoms. The van der Waals surface area contributed by atoms with Crippen molar-refractivity contribution in [2.45, 2.75) is 6.18 Å². The van der Waals surface area contributed by atoms with Gasteiger partial charge in [-0.1, -0.05) is 23.2 Å². The van der Waals surface area contributed by atoms with Gasteiger partial charge in [-0.3, -0.25) is 4.79 Å². The summed E-state index contributed by atoms with van der Waals surface area (Å²) < 4.78 is 43.2. The Bertz CT molecular complexity index is 996. The Balaban J connectivity index is 1.54. The topological polar surface area (TPSA) is 83.0 Å². The summed E-state index contributed by atoms with van der Waals surface area (Å²) >= 11 is 11.7. The van der Waals surface area contributed by atoms with E-state index < -0.39 is 30.2 Å². The molecule has 1 aromatic heterocycles. The Labute approximate surface area is 184 Å². The van der Waals surface area contributed by atoms with E-state index in [0.29, 0.717) is 6.20 Å². The van der Waals surface area contributed by atoms with E-state index in [1.807, 2.05) is 0 Å². The molecule has 3 rings (SSSR count). The van der Waals surface area contributed by atoms with Crippen molar-refractivity contribution in [1.29, 1.82) is 0 Å². The second kappa shape index (κ2) is 9.19. The van der Waals surface area contributed by atoms with E-state index in [4.69, 9.17) is 27.9 Å². The van der Waals surface area contributed by atoms with Gasteiger partial charge >= 0.3 is 12.1 Å². The predicted molar refractivity (Wildman–Crippen MR) is 106 cm³/mol. The van der Waals surface area contributed by atoms with Gasteiger partial charge in [-0.2, -0.15) is 13.2 Å². The Morgan fingerprint density at radius 2 is 1.81 bits per heavy atom. The highest BCUT2D eigenvalue weighted by molar-refractivity contribution is 6.33. The molecule has 31 heavy (non-hydrogen) atoms. The summed E-state index contributed by atoms with van der Waals surface area (Å²) in [4.78, 5) is 31.3. The van der Waals surface area contributed by atoms with Crippen molar-refractivity contribution in [3.63, 3.8) is 0 Å². The SMILES string of the molecule is O=C(OCC(=O)N1CCN(c2ncc(C(F)(F)F)cc2Cl)CC1)c1cc(Cl)ccc1O. The first-order chi connectivity index (χ1) is 14.6.